The van der Waals surface area contributed by atoms with Gasteiger partial charge < -0.3 is 16.5 Å². The predicted octanol–water partition coefficient (Wildman–Crippen LogP) is 0.683. The number of nitrogens with two attached hydrogens (primary N) is 3. The van der Waals surface area contributed by atoms with Crippen LogP contribution in [0.25, 0.3) is 33.5 Å². The lowest BCUT2D eigenvalue weighted by Gasteiger charge is -2.27. The summed E-state index contributed by atoms with van der Waals surface area (Å²) in [5.74, 6) is 0.0298. The van der Waals surface area contributed by atoms with Crippen molar-refractivity contribution in [3.63, 3.8) is 0 Å². The van der Waals surface area contributed by atoms with Crippen molar-refractivity contribution in [1.29, 1.82) is 0 Å². The second kappa shape index (κ2) is 8.37. The molecule has 0 aliphatic heterocycles. The molecule has 35 heavy (non-hydrogen) atoms. The summed E-state index contributed by atoms with van der Waals surface area (Å²) in [6.45, 7) is 0. The summed E-state index contributed by atoms with van der Waals surface area (Å²) in [4.78, 5) is 6.22. The maximum absolute atomic E-state index is 13.7. The summed E-state index contributed by atoms with van der Waals surface area (Å²) in [5, 5.41) is 18.6. The van der Waals surface area contributed by atoms with Gasteiger partial charge in [-0.05, 0) is 48.6 Å². The van der Waals surface area contributed by atoms with Crippen molar-refractivity contribution in [3.05, 3.63) is 30.3 Å². The molecule has 4 aromatic rings. The van der Waals surface area contributed by atoms with E-state index >= 15 is 0 Å². The minimum absolute atomic E-state index is 0.0850. The molecule has 0 atom stereocenters. The number of sulfone groups is 1. The molecule has 0 bridgehead atoms. The number of H-pyrrole nitrogens is 2. The zero-order chi connectivity index (χ0) is 25.0. The second-order valence-electron chi connectivity index (χ2n) is 8.50. The molecule has 1 aliphatic carbocycles. The van der Waals surface area contributed by atoms with Gasteiger partial charge in [0.25, 0.3) is 0 Å². The van der Waals surface area contributed by atoms with Crippen molar-refractivity contribution in [1.82, 2.24) is 30.6 Å². The van der Waals surface area contributed by atoms with Gasteiger partial charge in [-0.3, -0.25) is 0 Å². The summed E-state index contributed by atoms with van der Waals surface area (Å²) in [6.07, 6.45) is 1.68. The third-order valence-electron chi connectivity index (χ3n) is 6.26. The van der Waals surface area contributed by atoms with Crippen LogP contribution in [0.1, 0.15) is 25.7 Å². The van der Waals surface area contributed by atoms with E-state index in [0.29, 0.717) is 47.8 Å². The summed E-state index contributed by atoms with van der Waals surface area (Å²) in [5.41, 5.74) is 13.5. The van der Waals surface area contributed by atoms with E-state index < -0.39 is 34.9 Å². The number of nitrogen functional groups attached to an aromatic ring is 1. The summed E-state index contributed by atoms with van der Waals surface area (Å²) >= 11 is 0. The molecule has 0 saturated heterocycles. The van der Waals surface area contributed by atoms with Crippen LogP contribution in [0.2, 0.25) is 0 Å². The van der Waals surface area contributed by atoms with Gasteiger partial charge in [-0.15, -0.1) is 10.2 Å². The Kier molecular flexibility index (Phi) is 5.58. The topological polar surface area (TPSA) is 229 Å². The van der Waals surface area contributed by atoms with E-state index in [-0.39, 0.29) is 23.4 Å². The normalized spacial score (nSPS) is 19.3. The highest BCUT2D eigenvalue weighted by molar-refractivity contribution is 7.94. The molecule has 1 aliphatic rings. The number of fused-ring (bicyclic) bond motifs is 1. The first-order valence-corrected chi connectivity index (χ1v) is 13.8. The van der Waals surface area contributed by atoms with Gasteiger partial charge in [-0.25, -0.2) is 27.0 Å². The number of hydrogen-bond acceptors (Lipinski definition) is 10. The van der Waals surface area contributed by atoms with Gasteiger partial charge in [0.1, 0.15) is 4.90 Å². The zero-order valence-electron chi connectivity index (χ0n) is 18.3. The van der Waals surface area contributed by atoms with Crippen LogP contribution in [0.3, 0.4) is 0 Å². The molecular weight excluding hydrogens is 494 g/mol. The lowest BCUT2D eigenvalue weighted by Crippen LogP contribution is -2.34. The molecule has 1 saturated carbocycles. The molecule has 0 amide bonds. The number of aromatic nitrogens is 6. The zero-order valence-corrected chi connectivity index (χ0v) is 20.0. The van der Waals surface area contributed by atoms with Gasteiger partial charge in [-0.1, -0.05) is 18.2 Å². The van der Waals surface area contributed by atoms with Crippen LogP contribution in [-0.4, -0.2) is 58.7 Å². The standard InChI is InChI=1S/C20H23N9O4S2/c21-10-4-6-11(7-5-10)34(30,31)15-9-8-12(13-2-1-3-14-17(13)25-20(22)24-14)16(18(15)35(23,32)33)19-26-28-29-27-19/h1-3,8-11H,4-7,21H2,(H3,22,24,25)(H2,23,32,33)(H,26,27,28,29). The molecule has 0 spiro atoms. The number of tetrazole rings is 1. The lowest BCUT2D eigenvalue weighted by atomic mass is 9.96. The van der Waals surface area contributed by atoms with Crippen LogP contribution < -0.4 is 16.6 Å². The molecule has 13 nitrogen and oxygen atoms in total. The average Bonchev–Trinajstić information content (AvgIpc) is 3.46. The number of anilines is 1. The van der Waals surface area contributed by atoms with Gasteiger partial charge in [0.2, 0.25) is 15.8 Å². The van der Waals surface area contributed by atoms with E-state index in [4.69, 9.17) is 16.6 Å². The monoisotopic (exact) mass is 517 g/mol. The molecule has 5 rings (SSSR count). The lowest BCUT2D eigenvalue weighted by molar-refractivity contribution is 0.433. The van der Waals surface area contributed by atoms with E-state index in [1.54, 1.807) is 18.2 Å². The number of nitrogens with zero attached hydrogens (tertiary/aromatic N) is 4. The van der Waals surface area contributed by atoms with E-state index in [2.05, 4.69) is 30.6 Å². The van der Waals surface area contributed by atoms with Crippen LogP contribution in [0, 0.1) is 0 Å². The van der Waals surface area contributed by atoms with E-state index in [1.807, 2.05) is 0 Å². The Morgan fingerprint density at radius 2 is 1.71 bits per heavy atom. The van der Waals surface area contributed by atoms with Crippen molar-refractivity contribution in [2.45, 2.75) is 46.8 Å². The van der Waals surface area contributed by atoms with Gasteiger partial charge in [-0.2, -0.15) is 5.21 Å². The third-order valence-corrected chi connectivity index (χ3v) is 9.69. The van der Waals surface area contributed by atoms with Crippen LogP contribution in [0.4, 0.5) is 5.95 Å². The maximum atomic E-state index is 13.7. The fourth-order valence-corrected chi connectivity index (χ4v) is 8.03. The highest BCUT2D eigenvalue weighted by atomic mass is 32.2. The van der Waals surface area contributed by atoms with E-state index in [0.717, 1.165) is 0 Å². The number of rotatable bonds is 5. The van der Waals surface area contributed by atoms with Crippen molar-refractivity contribution < 1.29 is 16.8 Å². The highest BCUT2D eigenvalue weighted by Crippen LogP contribution is 2.42. The largest absolute Gasteiger partial charge is 0.369 e. The average molecular weight is 518 g/mol. The van der Waals surface area contributed by atoms with Crippen LogP contribution >= 0.6 is 0 Å². The number of hydrogen-bond donors (Lipinski definition) is 5. The molecule has 2 aromatic carbocycles. The van der Waals surface area contributed by atoms with Crippen molar-refractivity contribution >= 4 is 36.8 Å². The molecule has 2 aromatic heterocycles. The Bertz CT molecular complexity index is 1620. The van der Waals surface area contributed by atoms with Crippen LogP contribution in [-0.2, 0) is 19.9 Å². The SMILES string of the molecule is Nc1nc2c(-c3ccc(S(=O)(=O)C4CCC(N)CC4)c(S(N)(=O)=O)c3-c3nn[nH]n3)cccc2[nH]1. The Labute approximate surface area is 200 Å². The highest BCUT2D eigenvalue weighted by Gasteiger charge is 2.37. The first-order chi connectivity index (χ1) is 16.6. The molecule has 2 heterocycles. The first kappa shape index (κ1) is 23.3. The number of para-hydroxylation sites is 1. The number of nitrogens with one attached hydrogen (secondary N) is 2. The van der Waals surface area contributed by atoms with Gasteiger partial charge >= 0.3 is 0 Å². The number of sulfonamides is 1. The summed E-state index contributed by atoms with van der Waals surface area (Å²) < 4.78 is 53.3. The quantitative estimate of drug-likeness (QED) is 0.248. The number of imidazole rings is 1. The Hall–Kier alpha value is -3.40. The Morgan fingerprint density at radius 1 is 0.971 bits per heavy atom. The number of benzene rings is 2. The van der Waals surface area contributed by atoms with E-state index in [9.17, 15) is 16.8 Å². The van der Waals surface area contributed by atoms with Crippen molar-refractivity contribution in [2.75, 3.05) is 5.73 Å². The number of primary sulfonamides is 1. The molecule has 0 unspecified atom stereocenters. The number of aromatic amines is 2. The predicted molar refractivity (Wildman–Crippen MR) is 128 cm³/mol. The molecule has 184 valence electrons. The second-order valence-corrected chi connectivity index (χ2v) is 12.2. The van der Waals surface area contributed by atoms with Crippen molar-refractivity contribution in [3.8, 4) is 22.5 Å². The van der Waals surface area contributed by atoms with Crippen molar-refractivity contribution in [2.24, 2.45) is 10.9 Å². The van der Waals surface area contributed by atoms with Crippen LogP contribution in [0.15, 0.2) is 40.1 Å². The Balaban J connectivity index is 1.83. The minimum atomic E-state index is -4.58. The third kappa shape index (κ3) is 4.05. The Morgan fingerprint density at radius 3 is 2.37 bits per heavy atom. The molecule has 1 fully saturated rings. The van der Waals surface area contributed by atoms with E-state index in [1.165, 1.54) is 12.1 Å². The molecule has 0 radical (unpaired) electrons. The minimum Gasteiger partial charge on any atom is -0.369 e. The van der Waals surface area contributed by atoms with Gasteiger partial charge in [0.15, 0.2) is 15.8 Å². The molecule has 8 N–H and O–H groups in total. The smallest absolute Gasteiger partial charge is 0.240 e. The first-order valence-electron chi connectivity index (χ1n) is 10.7. The molecular formula is C20H23N9O4S2. The van der Waals surface area contributed by atoms with Crippen LogP contribution in [0.5, 0.6) is 0 Å². The van der Waals surface area contributed by atoms with Gasteiger partial charge in [0, 0.05) is 11.6 Å². The summed E-state index contributed by atoms with van der Waals surface area (Å²) in [7, 11) is -8.67. The molecule has 15 heteroatoms. The summed E-state index contributed by atoms with van der Waals surface area (Å²) in [6, 6.07) is 7.85. The maximum Gasteiger partial charge on any atom is 0.240 e. The van der Waals surface area contributed by atoms with Gasteiger partial charge in [0.05, 0.1) is 26.7 Å². The fraction of sp³-hybridized carbons (Fsp3) is 0.300. The fourth-order valence-electron chi connectivity index (χ4n) is 4.63.